The van der Waals surface area contributed by atoms with E-state index >= 15 is 0 Å². The Morgan fingerprint density at radius 1 is 1.43 bits per heavy atom. The number of ether oxygens (including phenoxy) is 2. The minimum Gasteiger partial charge on any atom is -0.486 e. The van der Waals surface area contributed by atoms with Crippen molar-refractivity contribution in [3.8, 4) is 5.75 Å². The average molecular weight is 295 g/mol. The molecule has 0 bridgehead atoms. The van der Waals surface area contributed by atoms with Gasteiger partial charge in [0.05, 0.1) is 25.1 Å². The molecule has 8 nitrogen and oxygen atoms in total. The normalized spacial score (nSPS) is 10.3. The smallest absolute Gasteiger partial charge is 0.328 e. The van der Waals surface area contributed by atoms with Crippen molar-refractivity contribution in [2.24, 2.45) is 0 Å². The third-order valence-electron chi connectivity index (χ3n) is 2.39. The first kappa shape index (κ1) is 16.2. The van der Waals surface area contributed by atoms with Crippen LogP contribution in [0.5, 0.6) is 5.75 Å². The van der Waals surface area contributed by atoms with Crippen molar-refractivity contribution in [2.45, 2.75) is 6.42 Å². The van der Waals surface area contributed by atoms with Crippen LogP contribution in [-0.4, -0.2) is 35.7 Å². The van der Waals surface area contributed by atoms with Crippen LogP contribution < -0.4 is 4.74 Å². The summed E-state index contributed by atoms with van der Waals surface area (Å²) in [6.45, 7) is -0.0837. The standard InChI is InChI=1S/C13H13NO7/c1-20-13(17)6-7-21-11-8-9(3-5-12(15)16)2-4-10(11)14(18)19/h2-5,8H,6-7H2,1H3,(H,15,16). The van der Waals surface area contributed by atoms with Gasteiger partial charge in [-0.15, -0.1) is 0 Å². The molecule has 0 unspecified atom stereocenters. The van der Waals surface area contributed by atoms with Gasteiger partial charge in [0.15, 0.2) is 5.75 Å². The fraction of sp³-hybridized carbons (Fsp3) is 0.231. The highest BCUT2D eigenvalue weighted by molar-refractivity contribution is 5.85. The number of nitro benzene ring substituents is 1. The fourth-order valence-electron chi connectivity index (χ4n) is 1.41. The molecular weight excluding hydrogens is 282 g/mol. The van der Waals surface area contributed by atoms with Gasteiger partial charge < -0.3 is 14.6 Å². The first-order valence-electron chi connectivity index (χ1n) is 5.83. The first-order valence-corrected chi connectivity index (χ1v) is 5.83. The molecule has 1 aromatic rings. The molecule has 0 amide bonds. The van der Waals surface area contributed by atoms with Gasteiger partial charge in [-0.05, 0) is 23.8 Å². The summed E-state index contributed by atoms with van der Waals surface area (Å²) in [7, 11) is 1.22. The van der Waals surface area contributed by atoms with Crippen molar-refractivity contribution in [2.75, 3.05) is 13.7 Å². The maximum absolute atomic E-state index is 11.0. The number of methoxy groups -OCH3 is 1. The number of nitrogens with zero attached hydrogens (tertiary/aromatic N) is 1. The SMILES string of the molecule is COC(=O)CCOc1cc(C=CC(=O)O)ccc1[N+](=O)[O-]. The van der Waals surface area contributed by atoms with Gasteiger partial charge in [-0.3, -0.25) is 14.9 Å². The Morgan fingerprint density at radius 3 is 2.71 bits per heavy atom. The number of carbonyl (C=O) groups is 2. The topological polar surface area (TPSA) is 116 Å². The highest BCUT2D eigenvalue weighted by atomic mass is 16.6. The summed E-state index contributed by atoms with van der Waals surface area (Å²) in [5.74, 6) is -1.68. The summed E-state index contributed by atoms with van der Waals surface area (Å²) in [5, 5.41) is 19.4. The number of carboxylic acids is 1. The molecule has 8 heteroatoms. The molecule has 0 fully saturated rings. The minimum absolute atomic E-state index is 0.0450. The van der Waals surface area contributed by atoms with Crippen LogP contribution in [0.15, 0.2) is 24.3 Å². The minimum atomic E-state index is -1.14. The maximum atomic E-state index is 11.0. The summed E-state index contributed by atoms with van der Waals surface area (Å²) in [5.41, 5.74) is 0.156. The summed E-state index contributed by atoms with van der Waals surface area (Å²) in [4.78, 5) is 31.6. The van der Waals surface area contributed by atoms with Gasteiger partial charge in [0.2, 0.25) is 0 Å². The molecule has 0 aromatic heterocycles. The summed E-state index contributed by atoms with van der Waals surface area (Å²) in [6.07, 6.45) is 2.13. The van der Waals surface area contributed by atoms with Crippen molar-refractivity contribution in [1.29, 1.82) is 0 Å². The zero-order valence-electron chi connectivity index (χ0n) is 11.1. The van der Waals surface area contributed by atoms with Gasteiger partial charge in [-0.1, -0.05) is 0 Å². The van der Waals surface area contributed by atoms with Crippen LogP contribution in [-0.2, 0) is 14.3 Å². The van der Waals surface area contributed by atoms with Crippen LogP contribution in [0.4, 0.5) is 5.69 Å². The van der Waals surface area contributed by atoms with E-state index in [0.29, 0.717) is 5.56 Å². The maximum Gasteiger partial charge on any atom is 0.328 e. The first-order chi connectivity index (χ1) is 9.93. The van der Waals surface area contributed by atoms with E-state index in [9.17, 15) is 19.7 Å². The van der Waals surface area contributed by atoms with E-state index in [1.54, 1.807) is 0 Å². The van der Waals surface area contributed by atoms with Gasteiger partial charge in [-0.2, -0.15) is 0 Å². The van der Waals surface area contributed by atoms with E-state index in [-0.39, 0.29) is 24.5 Å². The number of nitro groups is 1. The van der Waals surface area contributed by atoms with Crippen LogP contribution in [0.1, 0.15) is 12.0 Å². The summed E-state index contributed by atoms with van der Waals surface area (Å²) < 4.78 is 9.62. The molecule has 0 atom stereocenters. The number of aliphatic carboxylic acids is 1. The van der Waals surface area contributed by atoms with E-state index in [1.807, 2.05) is 0 Å². The van der Waals surface area contributed by atoms with Gasteiger partial charge in [0.25, 0.3) is 0 Å². The zero-order valence-corrected chi connectivity index (χ0v) is 11.1. The molecule has 1 rings (SSSR count). The summed E-state index contributed by atoms with van der Waals surface area (Å²) in [6, 6.07) is 3.93. The van der Waals surface area contributed by atoms with E-state index in [4.69, 9.17) is 9.84 Å². The number of hydrogen-bond donors (Lipinski definition) is 1. The number of rotatable bonds is 7. The van der Waals surface area contributed by atoms with Crippen LogP contribution in [0.3, 0.4) is 0 Å². The lowest BCUT2D eigenvalue weighted by Crippen LogP contribution is -2.08. The van der Waals surface area contributed by atoms with Crippen molar-refractivity contribution in [1.82, 2.24) is 0 Å². The molecule has 1 N–H and O–H groups in total. The second-order valence-electron chi connectivity index (χ2n) is 3.83. The molecule has 112 valence electrons. The van der Waals surface area contributed by atoms with Crippen LogP contribution in [0.2, 0.25) is 0 Å². The molecule has 0 saturated heterocycles. The lowest BCUT2D eigenvalue weighted by molar-refractivity contribution is -0.385. The third kappa shape index (κ3) is 5.31. The van der Waals surface area contributed by atoms with E-state index in [1.165, 1.54) is 31.4 Å². The number of benzene rings is 1. The van der Waals surface area contributed by atoms with Gasteiger partial charge >= 0.3 is 17.6 Å². The van der Waals surface area contributed by atoms with Crippen LogP contribution in [0.25, 0.3) is 6.08 Å². The van der Waals surface area contributed by atoms with Crippen molar-refractivity contribution in [3.05, 3.63) is 40.0 Å². The average Bonchev–Trinajstić information content (AvgIpc) is 2.44. The molecule has 0 aliphatic rings. The highest BCUT2D eigenvalue weighted by Gasteiger charge is 2.15. The molecular formula is C13H13NO7. The molecule has 0 saturated carbocycles. The van der Waals surface area contributed by atoms with E-state index < -0.39 is 16.9 Å². The van der Waals surface area contributed by atoms with Gasteiger partial charge in [-0.25, -0.2) is 4.79 Å². The molecule has 0 heterocycles. The lowest BCUT2D eigenvalue weighted by atomic mass is 10.1. The molecule has 21 heavy (non-hydrogen) atoms. The van der Waals surface area contributed by atoms with Crippen LogP contribution in [0, 0.1) is 10.1 Å². The lowest BCUT2D eigenvalue weighted by Gasteiger charge is -2.07. The Balaban J connectivity index is 2.91. The largest absolute Gasteiger partial charge is 0.486 e. The molecule has 1 aromatic carbocycles. The Morgan fingerprint density at radius 2 is 2.14 bits per heavy atom. The molecule has 0 aliphatic carbocycles. The highest BCUT2D eigenvalue weighted by Crippen LogP contribution is 2.28. The van der Waals surface area contributed by atoms with E-state index in [0.717, 1.165) is 6.08 Å². The number of carboxylic acid groups (broad SMARTS) is 1. The summed E-state index contributed by atoms with van der Waals surface area (Å²) >= 11 is 0. The fourth-order valence-corrected chi connectivity index (χ4v) is 1.41. The second-order valence-corrected chi connectivity index (χ2v) is 3.83. The molecule has 0 aliphatic heterocycles. The zero-order chi connectivity index (χ0) is 15.8. The molecule has 0 spiro atoms. The van der Waals surface area contributed by atoms with Gasteiger partial charge in [0, 0.05) is 12.1 Å². The quantitative estimate of drug-likeness (QED) is 0.351. The van der Waals surface area contributed by atoms with Crippen molar-refractivity contribution in [3.63, 3.8) is 0 Å². The Kier molecular flexibility index (Phi) is 5.87. The third-order valence-corrected chi connectivity index (χ3v) is 2.39. The second kappa shape index (κ2) is 7.63. The molecule has 0 radical (unpaired) electrons. The van der Waals surface area contributed by atoms with Gasteiger partial charge in [0.1, 0.15) is 0 Å². The van der Waals surface area contributed by atoms with Crippen molar-refractivity contribution >= 4 is 23.7 Å². The Bertz CT molecular complexity index is 580. The number of esters is 1. The van der Waals surface area contributed by atoms with Crippen LogP contribution >= 0.6 is 0 Å². The number of carbonyl (C=O) groups excluding carboxylic acids is 1. The Hall–Kier alpha value is -2.90. The Labute approximate surface area is 119 Å². The van der Waals surface area contributed by atoms with E-state index in [2.05, 4.69) is 4.74 Å². The van der Waals surface area contributed by atoms with Crippen molar-refractivity contribution < 1.29 is 29.1 Å². The predicted molar refractivity (Wildman–Crippen MR) is 71.9 cm³/mol. The number of hydrogen-bond acceptors (Lipinski definition) is 6. The predicted octanol–water partition coefficient (Wildman–Crippen LogP) is 1.63. The monoisotopic (exact) mass is 295 g/mol.